The lowest BCUT2D eigenvalue weighted by Gasteiger charge is -2.20. The minimum atomic E-state index is -3.73. The van der Waals surface area contributed by atoms with E-state index in [4.69, 9.17) is 4.74 Å². The summed E-state index contributed by atoms with van der Waals surface area (Å²) >= 11 is 0. The fraction of sp³-hybridized carbons (Fsp3) is 0.130. The molecular weight excluding hydrogens is 430 g/mol. The number of sulfonamides is 1. The third kappa shape index (κ3) is 3.46. The number of fused-ring (bicyclic) bond motifs is 1. The molecule has 0 saturated carbocycles. The van der Waals surface area contributed by atoms with Crippen LogP contribution >= 0.6 is 0 Å². The van der Waals surface area contributed by atoms with Crippen molar-refractivity contribution in [1.82, 2.24) is 10.1 Å². The van der Waals surface area contributed by atoms with E-state index in [0.717, 1.165) is 22.4 Å². The summed E-state index contributed by atoms with van der Waals surface area (Å²) < 4.78 is 37.7. The Labute approximate surface area is 184 Å². The third-order valence-electron chi connectivity index (χ3n) is 5.51. The van der Waals surface area contributed by atoms with Gasteiger partial charge in [-0.05, 0) is 71.6 Å². The van der Waals surface area contributed by atoms with Crippen LogP contribution in [0.2, 0.25) is 0 Å². The van der Waals surface area contributed by atoms with Crippen LogP contribution in [0, 0.1) is 0 Å². The SMILES string of the molecule is COc1ccc(-c2ccc3c(c2)CCN3S(=O)(=O)c2ccc(-c3noc(=O)[nH]3)cc2)cc1. The van der Waals surface area contributed by atoms with Crippen LogP contribution in [0.25, 0.3) is 22.5 Å². The molecule has 0 amide bonds. The Bertz CT molecular complexity index is 1440. The second kappa shape index (κ2) is 7.69. The molecule has 5 rings (SSSR count). The minimum absolute atomic E-state index is 0.166. The first-order chi connectivity index (χ1) is 15.5. The maximum absolute atomic E-state index is 13.3. The number of hydrogen-bond acceptors (Lipinski definition) is 6. The van der Waals surface area contributed by atoms with Crippen molar-refractivity contribution in [3.8, 4) is 28.3 Å². The highest BCUT2D eigenvalue weighted by atomic mass is 32.2. The summed E-state index contributed by atoms with van der Waals surface area (Å²) in [5.74, 6) is 0.365. The zero-order chi connectivity index (χ0) is 22.3. The molecular formula is C23H19N3O5S. The monoisotopic (exact) mass is 449 g/mol. The number of aromatic nitrogens is 2. The highest BCUT2D eigenvalue weighted by molar-refractivity contribution is 7.92. The van der Waals surface area contributed by atoms with Gasteiger partial charge in [-0.1, -0.05) is 23.4 Å². The predicted molar refractivity (Wildman–Crippen MR) is 119 cm³/mol. The average Bonchev–Trinajstić information content (AvgIpc) is 3.45. The van der Waals surface area contributed by atoms with Crippen molar-refractivity contribution >= 4 is 15.7 Å². The van der Waals surface area contributed by atoms with E-state index in [1.807, 2.05) is 42.5 Å². The Balaban J connectivity index is 1.43. The molecule has 0 radical (unpaired) electrons. The smallest absolute Gasteiger partial charge is 0.439 e. The quantitative estimate of drug-likeness (QED) is 0.500. The standard InChI is InChI=1S/C23H19N3O5S/c1-30-19-7-2-15(3-8-19)17-6-11-21-18(14-17)12-13-26(21)32(28,29)20-9-4-16(5-10-20)22-24-23(27)31-25-22/h2-11,14H,12-13H2,1H3,(H,24,25,27). The van der Waals surface area contributed by atoms with Gasteiger partial charge in [-0.3, -0.25) is 13.8 Å². The number of hydrogen-bond donors (Lipinski definition) is 1. The largest absolute Gasteiger partial charge is 0.497 e. The lowest BCUT2D eigenvalue weighted by Crippen LogP contribution is -2.29. The second-order valence-electron chi connectivity index (χ2n) is 7.37. The van der Waals surface area contributed by atoms with Gasteiger partial charge >= 0.3 is 5.76 Å². The molecule has 0 unspecified atom stereocenters. The topological polar surface area (TPSA) is 106 Å². The lowest BCUT2D eigenvalue weighted by molar-refractivity contribution is 0.388. The number of rotatable bonds is 5. The summed E-state index contributed by atoms with van der Waals surface area (Å²) in [6, 6.07) is 19.8. The maximum Gasteiger partial charge on any atom is 0.439 e. The van der Waals surface area contributed by atoms with Crippen LogP contribution in [-0.2, 0) is 16.4 Å². The van der Waals surface area contributed by atoms with Crippen LogP contribution in [0.3, 0.4) is 0 Å². The molecule has 1 N–H and O–H groups in total. The summed E-state index contributed by atoms with van der Waals surface area (Å²) in [6.45, 7) is 0.377. The van der Waals surface area contributed by atoms with Gasteiger partial charge in [-0.15, -0.1) is 0 Å². The molecule has 1 aliphatic heterocycles. The summed E-state index contributed by atoms with van der Waals surface area (Å²) in [7, 11) is -2.10. The molecule has 4 aromatic rings. The Kier molecular flexibility index (Phi) is 4.82. The minimum Gasteiger partial charge on any atom is -0.497 e. The van der Waals surface area contributed by atoms with Crippen molar-refractivity contribution in [2.75, 3.05) is 18.0 Å². The highest BCUT2D eigenvalue weighted by Crippen LogP contribution is 2.36. The number of methoxy groups -OCH3 is 1. The van der Waals surface area contributed by atoms with E-state index in [2.05, 4.69) is 14.7 Å². The molecule has 0 bridgehead atoms. The van der Waals surface area contributed by atoms with E-state index in [1.165, 1.54) is 16.4 Å². The number of ether oxygens (including phenoxy) is 1. The summed E-state index contributed by atoms with van der Waals surface area (Å²) in [4.78, 5) is 13.7. The zero-order valence-corrected chi connectivity index (χ0v) is 17.9. The fourth-order valence-electron chi connectivity index (χ4n) is 3.85. The first kappa shape index (κ1) is 20.1. The van der Waals surface area contributed by atoms with E-state index in [1.54, 1.807) is 19.2 Å². The molecule has 32 heavy (non-hydrogen) atoms. The molecule has 0 fully saturated rings. The van der Waals surface area contributed by atoms with Crippen LogP contribution in [0.1, 0.15) is 5.56 Å². The molecule has 3 aromatic carbocycles. The van der Waals surface area contributed by atoms with Gasteiger partial charge in [0, 0.05) is 12.1 Å². The predicted octanol–water partition coefficient (Wildman–Crippen LogP) is 3.46. The molecule has 0 aliphatic carbocycles. The fourth-order valence-corrected chi connectivity index (χ4v) is 5.35. The van der Waals surface area contributed by atoms with E-state index < -0.39 is 15.8 Å². The van der Waals surface area contributed by atoms with Crippen molar-refractivity contribution in [2.45, 2.75) is 11.3 Å². The molecule has 1 aromatic heterocycles. The molecule has 0 atom stereocenters. The van der Waals surface area contributed by atoms with Gasteiger partial charge in [0.1, 0.15) is 5.75 Å². The van der Waals surface area contributed by atoms with Gasteiger partial charge in [0.25, 0.3) is 10.0 Å². The van der Waals surface area contributed by atoms with Gasteiger partial charge < -0.3 is 4.74 Å². The van der Waals surface area contributed by atoms with E-state index >= 15 is 0 Å². The van der Waals surface area contributed by atoms with Gasteiger partial charge in [0.15, 0.2) is 5.82 Å². The Hall–Kier alpha value is -3.85. The summed E-state index contributed by atoms with van der Waals surface area (Å²) in [5.41, 5.74) is 4.29. The van der Waals surface area contributed by atoms with Crippen molar-refractivity contribution in [3.05, 3.63) is 82.8 Å². The van der Waals surface area contributed by atoms with Crippen molar-refractivity contribution < 1.29 is 17.7 Å². The molecule has 1 aliphatic rings. The van der Waals surface area contributed by atoms with Gasteiger partial charge in [-0.25, -0.2) is 13.2 Å². The van der Waals surface area contributed by atoms with Crippen LogP contribution in [0.15, 0.2) is 80.9 Å². The second-order valence-corrected chi connectivity index (χ2v) is 9.23. The highest BCUT2D eigenvalue weighted by Gasteiger charge is 2.31. The first-order valence-electron chi connectivity index (χ1n) is 9.92. The number of anilines is 1. The van der Waals surface area contributed by atoms with Gasteiger partial charge in [-0.2, -0.15) is 0 Å². The Morgan fingerprint density at radius 3 is 2.31 bits per heavy atom. The molecule has 162 valence electrons. The molecule has 8 nitrogen and oxygen atoms in total. The van der Waals surface area contributed by atoms with Gasteiger partial charge in [0.2, 0.25) is 0 Å². The Morgan fingerprint density at radius 2 is 1.66 bits per heavy atom. The van der Waals surface area contributed by atoms with Crippen LogP contribution < -0.4 is 14.8 Å². The average molecular weight is 449 g/mol. The normalized spacial score (nSPS) is 13.2. The van der Waals surface area contributed by atoms with Crippen LogP contribution in [0.5, 0.6) is 5.75 Å². The number of nitrogens with one attached hydrogen (secondary N) is 1. The number of H-pyrrole nitrogens is 1. The molecule has 0 saturated heterocycles. The number of nitrogens with zero attached hydrogens (tertiary/aromatic N) is 2. The van der Waals surface area contributed by atoms with E-state index in [-0.39, 0.29) is 10.7 Å². The lowest BCUT2D eigenvalue weighted by atomic mass is 10.0. The first-order valence-corrected chi connectivity index (χ1v) is 11.4. The summed E-state index contributed by atoms with van der Waals surface area (Å²) in [5, 5.41) is 3.62. The van der Waals surface area contributed by atoms with Crippen molar-refractivity contribution in [3.63, 3.8) is 0 Å². The zero-order valence-electron chi connectivity index (χ0n) is 17.1. The third-order valence-corrected chi connectivity index (χ3v) is 7.34. The van der Waals surface area contributed by atoms with Crippen LogP contribution in [-0.4, -0.2) is 32.2 Å². The van der Waals surface area contributed by atoms with Crippen LogP contribution in [0.4, 0.5) is 5.69 Å². The number of aromatic amines is 1. The molecule has 9 heteroatoms. The Morgan fingerprint density at radius 1 is 0.969 bits per heavy atom. The van der Waals surface area contributed by atoms with E-state index in [0.29, 0.717) is 24.2 Å². The molecule has 2 heterocycles. The van der Waals surface area contributed by atoms with Crippen molar-refractivity contribution in [1.29, 1.82) is 0 Å². The maximum atomic E-state index is 13.3. The summed E-state index contributed by atoms with van der Waals surface area (Å²) in [6.07, 6.45) is 0.636. The van der Waals surface area contributed by atoms with Gasteiger partial charge in [0.05, 0.1) is 17.7 Å². The number of benzene rings is 3. The van der Waals surface area contributed by atoms with Crippen molar-refractivity contribution in [2.24, 2.45) is 0 Å². The molecule has 0 spiro atoms. The van der Waals surface area contributed by atoms with E-state index in [9.17, 15) is 13.2 Å².